The molecule has 0 aromatic rings. The number of hydrogen-bond acceptors (Lipinski definition) is 15. The van der Waals surface area contributed by atoms with E-state index < -0.39 is 97.5 Å². The largest absolute Gasteiger partial charge is 0.472 e. The lowest BCUT2D eigenvalue weighted by atomic mass is 10.00. The second kappa shape index (κ2) is 63.5. The van der Waals surface area contributed by atoms with Gasteiger partial charge in [0.2, 0.25) is 0 Å². The van der Waals surface area contributed by atoms with E-state index in [2.05, 4.69) is 55.4 Å². The van der Waals surface area contributed by atoms with Crippen LogP contribution in [0.2, 0.25) is 0 Å². The molecule has 0 aromatic heterocycles. The van der Waals surface area contributed by atoms with Crippen molar-refractivity contribution in [2.45, 2.75) is 388 Å². The molecule has 552 valence electrons. The SMILES string of the molecule is CCC(C)CCCCCCCCC(=O)OC[C@H](COP(=O)(O)OC[C@H](O)COP(=O)(O)OC[C@@H](COC(=O)CCCCCCCCCCCCCCCCCC(C)C)OC(=O)CCCCCCCCCCCCCCCC(C)C)OC(=O)CCCCCCCCC(C)C. The molecule has 0 radical (unpaired) electrons. The van der Waals surface area contributed by atoms with Crippen molar-refractivity contribution in [2.75, 3.05) is 39.6 Å². The van der Waals surface area contributed by atoms with E-state index in [1.54, 1.807) is 0 Å². The third kappa shape index (κ3) is 67.0. The Labute approximate surface area is 568 Å². The normalized spacial score (nSPS) is 14.5. The molecule has 0 fully saturated rings. The maximum atomic E-state index is 13.1. The van der Waals surface area contributed by atoms with Crippen LogP contribution in [0.15, 0.2) is 0 Å². The minimum atomic E-state index is -4.96. The van der Waals surface area contributed by atoms with Gasteiger partial charge in [-0.1, -0.05) is 319 Å². The highest BCUT2D eigenvalue weighted by Gasteiger charge is 2.30. The van der Waals surface area contributed by atoms with Gasteiger partial charge < -0.3 is 33.8 Å². The first-order valence-electron chi connectivity index (χ1n) is 38.2. The number of unbranched alkanes of at least 4 members (excludes halogenated alkanes) is 36. The summed E-state index contributed by atoms with van der Waals surface area (Å²) in [6, 6.07) is 0. The van der Waals surface area contributed by atoms with Crippen molar-refractivity contribution in [3.8, 4) is 0 Å². The summed E-state index contributed by atoms with van der Waals surface area (Å²) < 4.78 is 68.4. The van der Waals surface area contributed by atoms with Crippen LogP contribution in [-0.2, 0) is 65.4 Å². The first-order valence-corrected chi connectivity index (χ1v) is 41.2. The summed E-state index contributed by atoms with van der Waals surface area (Å²) in [4.78, 5) is 72.6. The van der Waals surface area contributed by atoms with Gasteiger partial charge in [0.05, 0.1) is 26.4 Å². The van der Waals surface area contributed by atoms with Crippen LogP contribution in [0.25, 0.3) is 0 Å². The molecule has 0 saturated heterocycles. The average Bonchev–Trinajstić information content (AvgIpc) is 1.91. The number of hydrogen-bond donors (Lipinski definition) is 3. The molecule has 0 saturated carbocycles. The number of aliphatic hydroxyl groups is 1. The van der Waals surface area contributed by atoms with Crippen molar-refractivity contribution in [1.82, 2.24) is 0 Å². The second-order valence-electron chi connectivity index (χ2n) is 28.4. The lowest BCUT2D eigenvalue weighted by Gasteiger charge is -2.21. The van der Waals surface area contributed by atoms with Crippen molar-refractivity contribution < 1.29 is 80.2 Å². The Morgan fingerprint density at radius 2 is 0.516 bits per heavy atom. The number of rotatable bonds is 71. The summed E-state index contributed by atoms with van der Waals surface area (Å²) in [5, 5.41) is 10.6. The average molecular weight is 1370 g/mol. The fourth-order valence-electron chi connectivity index (χ4n) is 11.2. The van der Waals surface area contributed by atoms with Gasteiger partial charge in [0, 0.05) is 25.7 Å². The lowest BCUT2D eigenvalue weighted by Crippen LogP contribution is -2.30. The summed E-state index contributed by atoms with van der Waals surface area (Å²) in [7, 11) is -9.91. The van der Waals surface area contributed by atoms with E-state index >= 15 is 0 Å². The molecule has 0 rings (SSSR count). The zero-order valence-electron chi connectivity index (χ0n) is 60.9. The number of phosphoric acid groups is 2. The van der Waals surface area contributed by atoms with Gasteiger partial charge in [-0.3, -0.25) is 37.3 Å². The third-order valence-electron chi connectivity index (χ3n) is 17.4. The first-order chi connectivity index (χ1) is 44.6. The Balaban J connectivity index is 5.21. The van der Waals surface area contributed by atoms with E-state index in [0.29, 0.717) is 31.6 Å². The number of carbonyl (C=O) groups excluding carboxylic acids is 4. The van der Waals surface area contributed by atoms with Gasteiger partial charge in [0.1, 0.15) is 19.3 Å². The number of esters is 4. The first kappa shape index (κ1) is 91.1. The van der Waals surface area contributed by atoms with Gasteiger partial charge in [-0.2, -0.15) is 0 Å². The van der Waals surface area contributed by atoms with Gasteiger partial charge in [0.25, 0.3) is 0 Å². The van der Waals surface area contributed by atoms with Crippen LogP contribution in [0.5, 0.6) is 0 Å². The van der Waals surface area contributed by atoms with Gasteiger partial charge >= 0.3 is 39.5 Å². The number of phosphoric ester groups is 2. The Morgan fingerprint density at radius 1 is 0.301 bits per heavy atom. The zero-order valence-corrected chi connectivity index (χ0v) is 62.7. The highest BCUT2D eigenvalue weighted by Crippen LogP contribution is 2.45. The predicted octanol–water partition coefficient (Wildman–Crippen LogP) is 21.3. The second-order valence-corrected chi connectivity index (χ2v) is 31.3. The van der Waals surface area contributed by atoms with Crippen LogP contribution < -0.4 is 0 Å². The maximum absolute atomic E-state index is 13.1. The van der Waals surface area contributed by atoms with Crippen molar-refractivity contribution in [3.05, 3.63) is 0 Å². The van der Waals surface area contributed by atoms with Crippen LogP contribution >= 0.6 is 15.6 Å². The molecule has 3 N–H and O–H groups in total. The topological polar surface area (TPSA) is 237 Å². The summed E-state index contributed by atoms with van der Waals surface area (Å²) in [6.07, 6.45) is 47.5. The summed E-state index contributed by atoms with van der Waals surface area (Å²) in [6.45, 7) is 14.1. The van der Waals surface area contributed by atoms with Crippen LogP contribution in [-0.4, -0.2) is 96.7 Å². The van der Waals surface area contributed by atoms with E-state index in [0.717, 1.165) is 114 Å². The van der Waals surface area contributed by atoms with Crippen molar-refractivity contribution in [3.63, 3.8) is 0 Å². The third-order valence-corrected chi connectivity index (χ3v) is 19.3. The number of ether oxygens (including phenoxy) is 4. The van der Waals surface area contributed by atoms with Crippen molar-refractivity contribution >= 4 is 39.5 Å². The minimum Gasteiger partial charge on any atom is -0.462 e. The smallest absolute Gasteiger partial charge is 0.462 e. The quantitative estimate of drug-likeness (QED) is 0.0222. The summed E-state index contributed by atoms with van der Waals surface area (Å²) >= 11 is 0. The highest BCUT2D eigenvalue weighted by molar-refractivity contribution is 7.47. The highest BCUT2D eigenvalue weighted by atomic mass is 31.2. The summed E-state index contributed by atoms with van der Waals surface area (Å²) in [5.41, 5.74) is 0. The Kier molecular flexibility index (Phi) is 62.2. The molecule has 19 heteroatoms. The van der Waals surface area contributed by atoms with Crippen molar-refractivity contribution in [1.29, 1.82) is 0 Å². The molecule has 0 aliphatic carbocycles. The van der Waals surface area contributed by atoms with Gasteiger partial charge in [-0.05, 0) is 49.4 Å². The summed E-state index contributed by atoms with van der Waals surface area (Å²) in [5.74, 6) is 0.864. The fraction of sp³-hybridized carbons (Fsp3) is 0.946. The van der Waals surface area contributed by atoms with E-state index in [4.69, 9.17) is 37.0 Å². The standard InChI is InChI=1S/C74H144O17P2/c1-9-67(8)53-45-37-31-33-39-47-55-72(77)85-61-70(91-74(79)57-49-41-32-30-36-44-52-66(6)7)63-89-93(82,83)87-59-68(75)58-86-92(80,81)88-62-69(90-73(78)56-48-40-29-25-21-17-13-15-19-23-27-35-43-51-65(4)5)60-84-71(76)54-46-38-28-24-20-16-12-10-11-14-18-22-26-34-42-50-64(2)3/h64-70,75H,9-63H2,1-8H3,(H,80,81)(H,82,83)/t67?,68-,69-,70-/m1/s1. The molecule has 0 aliphatic heterocycles. The molecule has 0 amide bonds. The molecule has 3 unspecified atom stereocenters. The molecular formula is C74H144O17P2. The van der Waals surface area contributed by atoms with E-state index in [1.807, 2.05) is 0 Å². The Hall–Kier alpha value is -1.94. The molecule has 6 atom stereocenters. The molecule has 0 bridgehead atoms. The van der Waals surface area contributed by atoms with Crippen molar-refractivity contribution in [2.24, 2.45) is 23.7 Å². The van der Waals surface area contributed by atoms with Crippen LogP contribution in [0, 0.1) is 23.7 Å². The Morgan fingerprint density at radius 3 is 0.763 bits per heavy atom. The number of aliphatic hydroxyl groups excluding tert-OH is 1. The van der Waals surface area contributed by atoms with Gasteiger partial charge in [-0.25, -0.2) is 9.13 Å². The van der Waals surface area contributed by atoms with E-state index in [-0.39, 0.29) is 25.7 Å². The number of carbonyl (C=O) groups is 4. The predicted molar refractivity (Wildman–Crippen MR) is 377 cm³/mol. The van der Waals surface area contributed by atoms with Gasteiger partial charge in [-0.15, -0.1) is 0 Å². The van der Waals surface area contributed by atoms with Crippen LogP contribution in [0.1, 0.15) is 370 Å². The zero-order chi connectivity index (χ0) is 68.9. The van der Waals surface area contributed by atoms with Crippen LogP contribution in [0.4, 0.5) is 0 Å². The monoisotopic (exact) mass is 1370 g/mol. The molecule has 93 heavy (non-hydrogen) atoms. The molecule has 0 spiro atoms. The van der Waals surface area contributed by atoms with E-state index in [9.17, 15) is 43.2 Å². The van der Waals surface area contributed by atoms with Gasteiger partial charge in [0.15, 0.2) is 12.2 Å². The Bertz CT molecular complexity index is 1840. The molecule has 0 aliphatic rings. The van der Waals surface area contributed by atoms with E-state index in [1.165, 1.54) is 167 Å². The van der Waals surface area contributed by atoms with Crippen LogP contribution in [0.3, 0.4) is 0 Å². The lowest BCUT2D eigenvalue weighted by molar-refractivity contribution is -0.161. The fourth-order valence-corrected chi connectivity index (χ4v) is 12.7. The molecular weight excluding hydrogens is 1220 g/mol. The molecule has 0 aromatic carbocycles. The minimum absolute atomic E-state index is 0.101. The molecule has 0 heterocycles. The maximum Gasteiger partial charge on any atom is 0.472 e. The molecule has 17 nitrogen and oxygen atoms in total.